The van der Waals surface area contributed by atoms with Crippen LogP contribution in [0.5, 0.6) is 0 Å². The molecule has 0 atom stereocenters. The molecule has 3 rings (SSSR count). The summed E-state index contributed by atoms with van der Waals surface area (Å²) in [6.45, 7) is 1.98. The van der Waals surface area contributed by atoms with Gasteiger partial charge in [0.15, 0.2) is 5.82 Å². The lowest BCUT2D eigenvalue weighted by atomic mass is 9.77. The molecule has 2 aromatic rings. The van der Waals surface area contributed by atoms with Crippen molar-refractivity contribution in [2.45, 2.75) is 31.7 Å². The van der Waals surface area contributed by atoms with Gasteiger partial charge in [0.1, 0.15) is 0 Å². The van der Waals surface area contributed by atoms with Crippen molar-refractivity contribution in [3.63, 3.8) is 0 Å². The molecule has 4 nitrogen and oxygen atoms in total. The maximum Gasteiger partial charge on any atom is 0.250 e. The lowest BCUT2D eigenvalue weighted by molar-refractivity contribution is 0.229. The van der Waals surface area contributed by atoms with E-state index >= 15 is 0 Å². The van der Waals surface area contributed by atoms with Crippen LogP contribution in [0, 0.1) is 0 Å². The van der Waals surface area contributed by atoms with E-state index in [-0.39, 0.29) is 5.54 Å². The highest BCUT2D eigenvalue weighted by molar-refractivity contribution is 6.30. The lowest BCUT2D eigenvalue weighted by Crippen LogP contribution is -2.44. The number of aromatic nitrogens is 2. The number of nitrogens with zero attached hydrogens (tertiary/aromatic N) is 2. The molecule has 1 aromatic heterocycles. The predicted molar refractivity (Wildman–Crippen MR) is 79.0 cm³/mol. The molecule has 0 unspecified atom stereocenters. The monoisotopic (exact) mass is 289 g/mol. The highest BCUT2D eigenvalue weighted by Gasteiger charge is 2.38. The van der Waals surface area contributed by atoms with Crippen LogP contribution in [0.1, 0.15) is 43.5 Å². The molecule has 1 aromatic carbocycles. The highest BCUT2D eigenvalue weighted by atomic mass is 35.5. The number of halogens is 1. The number of rotatable bonds is 3. The molecule has 1 fully saturated rings. The number of benzene rings is 1. The van der Waals surface area contributed by atoms with Gasteiger partial charge >= 0.3 is 0 Å². The number of hydrogen-bond donors (Lipinski definition) is 1. The highest BCUT2D eigenvalue weighted by Crippen LogP contribution is 2.37. The van der Waals surface area contributed by atoms with Crippen LogP contribution in [0.25, 0.3) is 11.6 Å². The molecule has 1 saturated carbocycles. The molecule has 1 heterocycles. The largest absolute Gasteiger partial charge is 0.335 e. The molecule has 2 N–H and O–H groups in total. The number of nitrogens with two attached hydrogens (primary N) is 1. The SMILES string of the molecule is C/C(=C/c1nc(C2(N)CCC2)no1)c1cccc(Cl)c1. The van der Waals surface area contributed by atoms with Crippen LogP contribution < -0.4 is 5.73 Å². The molecule has 20 heavy (non-hydrogen) atoms. The van der Waals surface area contributed by atoms with Crippen LogP contribution in [-0.4, -0.2) is 10.1 Å². The van der Waals surface area contributed by atoms with Crippen LogP contribution in [0.3, 0.4) is 0 Å². The molecule has 1 aliphatic rings. The van der Waals surface area contributed by atoms with Gasteiger partial charge in [-0.3, -0.25) is 0 Å². The average Bonchev–Trinajstić information content (AvgIpc) is 2.84. The predicted octanol–water partition coefficient (Wildman–Crippen LogP) is 3.62. The van der Waals surface area contributed by atoms with Gasteiger partial charge < -0.3 is 10.3 Å². The second kappa shape index (κ2) is 5.04. The second-order valence-electron chi connectivity index (χ2n) is 5.30. The van der Waals surface area contributed by atoms with Gasteiger partial charge in [-0.2, -0.15) is 4.98 Å². The van der Waals surface area contributed by atoms with Crippen LogP contribution in [-0.2, 0) is 5.54 Å². The minimum absolute atomic E-state index is 0.389. The maximum absolute atomic E-state index is 6.18. The van der Waals surface area contributed by atoms with Crippen molar-refractivity contribution < 1.29 is 4.52 Å². The van der Waals surface area contributed by atoms with Gasteiger partial charge in [-0.05, 0) is 49.5 Å². The van der Waals surface area contributed by atoms with Crippen molar-refractivity contribution in [1.29, 1.82) is 0 Å². The second-order valence-corrected chi connectivity index (χ2v) is 5.74. The van der Waals surface area contributed by atoms with Crippen LogP contribution >= 0.6 is 11.6 Å². The van der Waals surface area contributed by atoms with Gasteiger partial charge in [-0.1, -0.05) is 28.9 Å². The fourth-order valence-corrected chi connectivity index (χ4v) is 2.47. The number of allylic oxidation sites excluding steroid dienone is 1. The van der Waals surface area contributed by atoms with E-state index in [2.05, 4.69) is 10.1 Å². The van der Waals surface area contributed by atoms with E-state index in [1.807, 2.05) is 37.3 Å². The van der Waals surface area contributed by atoms with Crippen molar-refractivity contribution in [3.8, 4) is 0 Å². The summed E-state index contributed by atoms with van der Waals surface area (Å²) in [5.74, 6) is 1.09. The van der Waals surface area contributed by atoms with Crippen LogP contribution in [0.2, 0.25) is 5.02 Å². The summed E-state index contributed by atoms with van der Waals surface area (Å²) in [5.41, 5.74) is 7.83. The summed E-state index contributed by atoms with van der Waals surface area (Å²) in [5, 5.41) is 4.70. The molecular weight excluding hydrogens is 274 g/mol. The Labute approximate surface area is 122 Å². The fraction of sp³-hybridized carbons (Fsp3) is 0.333. The zero-order valence-electron chi connectivity index (χ0n) is 11.3. The summed E-state index contributed by atoms with van der Waals surface area (Å²) in [7, 11) is 0. The first-order valence-electron chi connectivity index (χ1n) is 6.64. The molecule has 0 saturated heterocycles. The van der Waals surface area contributed by atoms with E-state index in [4.69, 9.17) is 21.9 Å². The summed E-state index contributed by atoms with van der Waals surface area (Å²) in [4.78, 5) is 4.38. The summed E-state index contributed by atoms with van der Waals surface area (Å²) >= 11 is 5.99. The van der Waals surface area contributed by atoms with E-state index in [0.29, 0.717) is 16.7 Å². The maximum atomic E-state index is 6.18. The Morgan fingerprint density at radius 3 is 2.90 bits per heavy atom. The molecular formula is C15H16ClN3O. The third-order valence-electron chi connectivity index (χ3n) is 3.75. The molecule has 0 bridgehead atoms. The third kappa shape index (κ3) is 2.49. The van der Waals surface area contributed by atoms with Gasteiger partial charge in [0.2, 0.25) is 0 Å². The molecule has 104 valence electrons. The zero-order chi connectivity index (χ0) is 14.2. The summed E-state index contributed by atoms with van der Waals surface area (Å²) in [6, 6.07) is 7.65. The average molecular weight is 290 g/mol. The van der Waals surface area contributed by atoms with Crippen molar-refractivity contribution in [2.75, 3.05) is 0 Å². The quantitative estimate of drug-likeness (QED) is 0.937. The van der Waals surface area contributed by atoms with Crippen molar-refractivity contribution in [2.24, 2.45) is 5.73 Å². The Hall–Kier alpha value is -1.65. The van der Waals surface area contributed by atoms with Crippen molar-refractivity contribution in [3.05, 3.63) is 46.6 Å². The van der Waals surface area contributed by atoms with Gasteiger partial charge in [-0.25, -0.2) is 0 Å². The van der Waals surface area contributed by atoms with Crippen molar-refractivity contribution in [1.82, 2.24) is 10.1 Å². The van der Waals surface area contributed by atoms with Crippen LogP contribution in [0.4, 0.5) is 0 Å². The molecule has 5 heteroatoms. The number of hydrogen-bond acceptors (Lipinski definition) is 4. The van der Waals surface area contributed by atoms with Gasteiger partial charge in [-0.15, -0.1) is 0 Å². The Morgan fingerprint density at radius 2 is 2.25 bits per heavy atom. The third-order valence-corrected chi connectivity index (χ3v) is 3.99. The van der Waals surface area contributed by atoms with Gasteiger partial charge in [0.05, 0.1) is 5.54 Å². The molecule has 0 radical (unpaired) electrons. The zero-order valence-corrected chi connectivity index (χ0v) is 12.0. The first kappa shape index (κ1) is 13.3. The Balaban J connectivity index is 1.85. The smallest absolute Gasteiger partial charge is 0.250 e. The molecule has 0 aliphatic heterocycles. The minimum Gasteiger partial charge on any atom is -0.335 e. The Kier molecular flexibility index (Phi) is 3.36. The van der Waals surface area contributed by atoms with Crippen LogP contribution in [0.15, 0.2) is 28.8 Å². The molecule has 0 amide bonds. The Bertz CT molecular complexity index is 659. The van der Waals surface area contributed by atoms with Gasteiger partial charge in [0.25, 0.3) is 5.89 Å². The van der Waals surface area contributed by atoms with E-state index < -0.39 is 0 Å². The van der Waals surface area contributed by atoms with Gasteiger partial charge in [0, 0.05) is 11.1 Å². The lowest BCUT2D eigenvalue weighted by Gasteiger charge is -2.34. The topological polar surface area (TPSA) is 64.9 Å². The van der Waals surface area contributed by atoms with Crippen molar-refractivity contribution >= 4 is 23.3 Å². The van der Waals surface area contributed by atoms with E-state index in [9.17, 15) is 0 Å². The molecule has 1 aliphatic carbocycles. The van der Waals surface area contributed by atoms with E-state index in [1.54, 1.807) is 0 Å². The summed E-state index contributed by atoms with van der Waals surface area (Å²) < 4.78 is 5.26. The first-order chi connectivity index (χ1) is 9.57. The van der Waals surface area contributed by atoms with E-state index in [0.717, 1.165) is 30.4 Å². The van der Waals surface area contributed by atoms with E-state index in [1.165, 1.54) is 0 Å². The summed E-state index contributed by atoms with van der Waals surface area (Å²) in [6.07, 6.45) is 4.81. The minimum atomic E-state index is -0.389. The first-order valence-corrected chi connectivity index (χ1v) is 7.02. The fourth-order valence-electron chi connectivity index (χ4n) is 2.28. The normalized spacial score (nSPS) is 17.9. The molecule has 0 spiro atoms. The Morgan fingerprint density at radius 1 is 1.45 bits per heavy atom. The standard InChI is InChI=1S/C15H16ClN3O/c1-10(11-4-2-5-12(16)9-11)8-13-18-14(19-20-13)15(17)6-3-7-15/h2,4-5,8-9H,3,6-7,17H2,1H3/b10-8-.